The molecule has 9 heteroatoms. The molecule has 1 aromatic carbocycles. The number of hydrogen-bond donors (Lipinski definition) is 2. The molecule has 176 valence electrons. The molecule has 0 bridgehead atoms. The number of rotatable bonds is 11. The minimum absolute atomic E-state index is 0.207. The molecule has 0 saturated carbocycles. The van der Waals surface area contributed by atoms with Crippen LogP contribution >= 0.6 is 0 Å². The molecular formula is C22H34F3N3O3. The van der Waals surface area contributed by atoms with E-state index in [9.17, 15) is 13.2 Å². The van der Waals surface area contributed by atoms with Gasteiger partial charge in [0.05, 0.1) is 6.54 Å². The van der Waals surface area contributed by atoms with Crippen molar-refractivity contribution in [1.29, 1.82) is 0 Å². The van der Waals surface area contributed by atoms with Crippen LogP contribution in [0.2, 0.25) is 0 Å². The minimum atomic E-state index is -4.38. The van der Waals surface area contributed by atoms with Gasteiger partial charge >= 0.3 is 6.18 Å². The van der Waals surface area contributed by atoms with Crippen LogP contribution in [-0.2, 0) is 16.0 Å². The quantitative estimate of drug-likeness (QED) is 0.308. The number of guanidine groups is 1. The van der Waals surface area contributed by atoms with Crippen LogP contribution in [0.25, 0.3) is 0 Å². The van der Waals surface area contributed by atoms with Crippen LogP contribution in [0.15, 0.2) is 23.2 Å². The summed E-state index contributed by atoms with van der Waals surface area (Å²) in [7, 11) is 0. The summed E-state index contributed by atoms with van der Waals surface area (Å²) in [6, 6.07) is 5.19. The summed E-state index contributed by atoms with van der Waals surface area (Å²) in [5, 5.41) is 6.38. The van der Waals surface area contributed by atoms with E-state index in [2.05, 4.69) is 15.6 Å². The molecule has 0 radical (unpaired) electrons. The first-order chi connectivity index (χ1) is 14.9. The van der Waals surface area contributed by atoms with Crippen molar-refractivity contribution in [1.82, 2.24) is 10.6 Å². The topological polar surface area (TPSA) is 64.1 Å². The highest BCUT2D eigenvalue weighted by atomic mass is 19.4. The molecule has 1 saturated heterocycles. The maximum absolute atomic E-state index is 12.5. The lowest BCUT2D eigenvalue weighted by Crippen LogP contribution is -2.38. The van der Waals surface area contributed by atoms with E-state index < -0.39 is 12.8 Å². The fourth-order valence-electron chi connectivity index (χ4n) is 3.14. The average molecular weight is 446 g/mol. The number of benzene rings is 1. The lowest BCUT2D eigenvalue weighted by molar-refractivity contribution is -0.153. The molecule has 1 fully saturated rings. The molecular weight excluding hydrogens is 411 g/mol. The summed E-state index contributed by atoms with van der Waals surface area (Å²) in [5.41, 5.74) is 1.43. The Morgan fingerprint density at radius 1 is 1.23 bits per heavy atom. The number of nitrogens with one attached hydrogen (secondary N) is 2. The Morgan fingerprint density at radius 2 is 2.00 bits per heavy atom. The van der Waals surface area contributed by atoms with Crippen molar-refractivity contribution in [3.05, 3.63) is 29.3 Å². The zero-order valence-electron chi connectivity index (χ0n) is 18.4. The number of hydrogen-bond acceptors (Lipinski definition) is 4. The lowest BCUT2D eigenvalue weighted by atomic mass is 10.0. The Balaban J connectivity index is 1.79. The van der Waals surface area contributed by atoms with E-state index in [1.165, 1.54) is 0 Å². The van der Waals surface area contributed by atoms with Gasteiger partial charge in [-0.05, 0) is 50.7 Å². The number of aliphatic imine (C=N–C) groups is 1. The zero-order valence-corrected chi connectivity index (χ0v) is 18.4. The van der Waals surface area contributed by atoms with E-state index >= 15 is 0 Å². The second-order valence-electron chi connectivity index (χ2n) is 7.62. The molecule has 6 nitrogen and oxygen atoms in total. The molecule has 0 aliphatic carbocycles. The summed E-state index contributed by atoms with van der Waals surface area (Å²) in [6.45, 7) is 7.10. The first-order valence-electron chi connectivity index (χ1n) is 10.8. The molecule has 2 rings (SSSR count). The van der Waals surface area contributed by atoms with Crippen molar-refractivity contribution >= 4 is 5.96 Å². The highest BCUT2D eigenvalue weighted by Gasteiger charge is 2.28. The van der Waals surface area contributed by atoms with Crippen molar-refractivity contribution in [2.75, 3.05) is 46.1 Å². The summed E-state index contributed by atoms with van der Waals surface area (Å²) >= 11 is 0. The number of halogens is 3. The third kappa shape index (κ3) is 10.7. The largest absolute Gasteiger partial charge is 0.484 e. The molecule has 1 aliphatic rings. The molecule has 1 aliphatic heterocycles. The lowest BCUT2D eigenvalue weighted by Gasteiger charge is -2.21. The molecule has 0 unspecified atom stereocenters. The predicted molar refractivity (Wildman–Crippen MR) is 115 cm³/mol. The maximum atomic E-state index is 12.5. The number of aryl methyl sites for hydroxylation is 1. The number of nitrogens with zero attached hydrogens (tertiary/aromatic N) is 1. The van der Waals surface area contributed by atoms with Gasteiger partial charge in [0.25, 0.3) is 0 Å². The van der Waals surface area contributed by atoms with Crippen molar-refractivity contribution in [3.63, 3.8) is 0 Å². The van der Waals surface area contributed by atoms with Crippen molar-refractivity contribution < 1.29 is 27.4 Å². The van der Waals surface area contributed by atoms with Crippen molar-refractivity contribution in [3.8, 4) is 5.75 Å². The van der Waals surface area contributed by atoms with Gasteiger partial charge in [0.2, 0.25) is 0 Å². The monoisotopic (exact) mass is 445 g/mol. The van der Waals surface area contributed by atoms with E-state index in [1.54, 1.807) is 12.1 Å². The molecule has 31 heavy (non-hydrogen) atoms. The molecule has 0 aromatic heterocycles. The van der Waals surface area contributed by atoms with E-state index in [-0.39, 0.29) is 12.3 Å². The smallest absolute Gasteiger partial charge is 0.422 e. The van der Waals surface area contributed by atoms with E-state index in [1.807, 2.05) is 19.9 Å². The zero-order chi connectivity index (χ0) is 22.5. The van der Waals surface area contributed by atoms with Gasteiger partial charge in [-0.1, -0.05) is 12.1 Å². The van der Waals surface area contributed by atoms with Gasteiger partial charge in [0, 0.05) is 45.1 Å². The molecule has 1 heterocycles. The molecule has 0 spiro atoms. The fraction of sp³-hybridized carbons (Fsp3) is 0.682. The molecule has 0 atom stereocenters. The molecule has 1 aromatic rings. The summed E-state index contributed by atoms with van der Waals surface area (Å²) in [4.78, 5) is 4.49. The summed E-state index contributed by atoms with van der Waals surface area (Å²) in [6.07, 6.45) is -1.43. The Kier molecular flexibility index (Phi) is 10.9. The average Bonchev–Trinajstić information content (AvgIpc) is 2.74. The Morgan fingerprint density at radius 3 is 2.71 bits per heavy atom. The van der Waals surface area contributed by atoms with Crippen molar-refractivity contribution in [2.24, 2.45) is 10.9 Å². The van der Waals surface area contributed by atoms with Crippen LogP contribution in [-0.4, -0.2) is 58.3 Å². The number of alkyl halides is 3. The normalized spacial score (nSPS) is 15.7. The van der Waals surface area contributed by atoms with Crippen molar-refractivity contribution in [2.45, 2.75) is 45.8 Å². The summed E-state index contributed by atoms with van der Waals surface area (Å²) in [5.74, 6) is 1.40. The first-order valence-corrected chi connectivity index (χ1v) is 10.8. The van der Waals surface area contributed by atoms with Crippen LogP contribution in [0.5, 0.6) is 5.75 Å². The van der Waals surface area contributed by atoms with Crippen LogP contribution in [0.4, 0.5) is 13.2 Å². The van der Waals surface area contributed by atoms with Gasteiger partial charge in [0.15, 0.2) is 12.6 Å². The van der Waals surface area contributed by atoms with Gasteiger partial charge in [-0.15, -0.1) is 0 Å². The van der Waals surface area contributed by atoms with Gasteiger partial charge < -0.3 is 24.8 Å². The van der Waals surface area contributed by atoms with Gasteiger partial charge in [-0.3, -0.25) is 0 Å². The highest BCUT2D eigenvalue weighted by Crippen LogP contribution is 2.24. The van der Waals surface area contributed by atoms with E-state index in [0.29, 0.717) is 37.1 Å². The van der Waals surface area contributed by atoms with Crippen LogP contribution in [0.1, 0.15) is 37.3 Å². The minimum Gasteiger partial charge on any atom is -0.484 e. The van der Waals surface area contributed by atoms with Gasteiger partial charge in [0.1, 0.15) is 5.75 Å². The standard InChI is InChI=1S/C22H34F3N3O3/c1-3-26-21(27-9-4-10-30-15-18-7-11-29-12-8-18)28-14-19-6-5-17(2)13-20(19)31-16-22(23,24)25/h5-6,13,18H,3-4,7-12,14-16H2,1-2H3,(H2,26,27,28). The van der Waals surface area contributed by atoms with Crippen LogP contribution < -0.4 is 15.4 Å². The SMILES string of the molecule is CCNC(=NCc1ccc(C)cc1OCC(F)(F)F)NCCCOCC1CCOCC1. The predicted octanol–water partition coefficient (Wildman–Crippen LogP) is 3.82. The molecule has 0 amide bonds. The first kappa shape index (κ1) is 25.3. The fourth-order valence-corrected chi connectivity index (χ4v) is 3.14. The van der Waals surface area contributed by atoms with Gasteiger partial charge in [-0.2, -0.15) is 13.2 Å². The third-order valence-corrected chi connectivity index (χ3v) is 4.82. The maximum Gasteiger partial charge on any atom is 0.422 e. The van der Waals surface area contributed by atoms with Crippen LogP contribution in [0.3, 0.4) is 0 Å². The molecule has 2 N–H and O–H groups in total. The Hall–Kier alpha value is -2.00. The van der Waals surface area contributed by atoms with Gasteiger partial charge in [-0.25, -0.2) is 4.99 Å². The van der Waals surface area contributed by atoms with E-state index in [4.69, 9.17) is 14.2 Å². The summed E-state index contributed by atoms with van der Waals surface area (Å²) < 4.78 is 53.7. The Labute approximate surface area is 182 Å². The van der Waals surface area contributed by atoms with Crippen LogP contribution in [0, 0.1) is 12.8 Å². The third-order valence-electron chi connectivity index (χ3n) is 4.82. The second-order valence-corrected chi connectivity index (χ2v) is 7.62. The Bertz CT molecular complexity index is 678. The second kappa shape index (κ2) is 13.4. The number of ether oxygens (including phenoxy) is 3. The van der Waals surface area contributed by atoms with E-state index in [0.717, 1.165) is 44.6 Å². The highest BCUT2D eigenvalue weighted by molar-refractivity contribution is 5.79.